The fraction of sp³-hybridized carbons (Fsp3) is 0.267. The first-order valence-electron chi connectivity index (χ1n) is 6.60. The van der Waals surface area contributed by atoms with E-state index in [1.54, 1.807) is 32.0 Å². The highest BCUT2D eigenvalue weighted by Gasteiger charge is 2.24. The maximum absolute atomic E-state index is 12.4. The van der Waals surface area contributed by atoms with E-state index < -0.39 is 5.91 Å². The van der Waals surface area contributed by atoms with Crippen LogP contribution in [-0.4, -0.2) is 36.0 Å². The van der Waals surface area contributed by atoms with Crippen LogP contribution in [0.2, 0.25) is 5.02 Å². The lowest BCUT2D eigenvalue weighted by Gasteiger charge is -2.10. The molecule has 1 amide bonds. The Morgan fingerprint density at radius 3 is 2.64 bits per heavy atom. The van der Waals surface area contributed by atoms with Crippen LogP contribution < -0.4 is 5.73 Å². The Hall–Kier alpha value is -2.34. The summed E-state index contributed by atoms with van der Waals surface area (Å²) in [5, 5.41) is 4.47. The van der Waals surface area contributed by atoms with Crippen molar-refractivity contribution in [1.82, 2.24) is 10.1 Å². The Kier molecular flexibility index (Phi) is 4.51. The number of amides is 1. The maximum atomic E-state index is 12.4. The number of aryl methyl sites for hydroxylation is 2. The van der Waals surface area contributed by atoms with Crippen LogP contribution in [-0.2, 0) is 0 Å². The first-order valence-corrected chi connectivity index (χ1v) is 6.98. The van der Waals surface area contributed by atoms with Crippen molar-refractivity contribution in [2.24, 2.45) is 10.7 Å². The highest BCUT2D eigenvalue weighted by atomic mass is 35.5. The van der Waals surface area contributed by atoms with Gasteiger partial charge in [0.2, 0.25) is 0 Å². The number of hydrogen-bond donors (Lipinski definition) is 1. The number of aromatic nitrogens is 1. The summed E-state index contributed by atoms with van der Waals surface area (Å²) >= 11 is 6.24. The first kappa shape index (κ1) is 16.0. The molecule has 0 saturated heterocycles. The van der Waals surface area contributed by atoms with E-state index >= 15 is 0 Å². The number of hydrogen-bond acceptors (Lipinski definition) is 3. The van der Waals surface area contributed by atoms with Gasteiger partial charge in [0.25, 0.3) is 5.91 Å². The van der Waals surface area contributed by atoms with E-state index in [9.17, 15) is 4.79 Å². The average molecular weight is 321 g/mol. The van der Waals surface area contributed by atoms with Crippen LogP contribution in [0.25, 0.3) is 11.3 Å². The van der Waals surface area contributed by atoms with Crippen molar-refractivity contribution in [2.75, 3.05) is 14.1 Å². The Balaban J connectivity index is 2.59. The Labute approximate surface area is 133 Å². The molecule has 0 aliphatic heterocycles. The molecule has 22 heavy (non-hydrogen) atoms. The number of halogens is 1. The summed E-state index contributed by atoms with van der Waals surface area (Å²) in [7, 11) is 3.40. The Bertz CT molecular complexity index is 730. The zero-order valence-electron chi connectivity index (χ0n) is 12.8. The number of nitrogens with zero attached hydrogens (tertiary/aromatic N) is 3. The summed E-state index contributed by atoms with van der Waals surface area (Å²) in [6.45, 7) is 3.54. The molecule has 0 aliphatic rings. The lowest BCUT2D eigenvalue weighted by Crippen LogP contribution is -2.31. The quantitative estimate of drug-likeness (QED) is 0.679. The third kappa shape index (κ3) is 2.96. The number of carbonyl (C=O) groups is 1. The molecule has 0 unspecified atom stereocenters. The molecule has 7 heteroatoms. The van der Waals surface area contributed by atoms with Crippen LogP contribution in [0.15, 0.2) is 27.7 Å². The fourth-order valence-corrected chi connectivity index (χ4v) is 2.30. The summed E-state index contributed by atoms with van der Waals surface area (Å²) < 4.78 is 5.17. The molecule has 116 valence electrons. The monoisotopic (exact) mass is 320 g/mol. The molecule has 0 bridgehead atoms. The molecule has 2 aromatic rings. The molecule has 0 radical (unpaired) electrons. The standard InChI is InChI=1S/C15H17ClN4O2/c1-8-6-5-7-10(16)11(8)13-12(9(2)22-19-13)14(21)18-15(17)20(3)4/h5-7H,1-4H3,(H2,17,18,21). The summed E-state index contributed by atoms with van der Waals surface area (Å²) in [6.07, 6.45) is 0. The normalized spacial score (nSPS) is 11.6. The minimum atomic E-state index is -0.515. The van der Waals surface area contributed by atoms with Gasteiger partial charge in [-0.2, -0.15) is 4.99 Å². The van der Waals surface area contributed by atoms with Crippen molar-refractivity contribution in [3.8, 4) is 11.3 Å². The summed E-state index contributed by atoms with van der Waals surface area (Å²) in [6, 6.07) is 5.45. The molecule has 1 aromatic heterocycles. The molecule has 0 atom stereocenters. The van der Waals surface area contributed by atoms with E-state index in [4.69, 9.17) is 21.9 Å². The number of carbonyl (C=O) groups excluding carboxylic acids is 1. The van der Waals surface area contributed by atoms with Gasteiger partial charge in [0.15, 0.2) is 5.96 Å². The van der Waals surface area contributed by atoms with E-state index in [1.807, 2.05) is 19.1 Å². The zero-order valence-corrected chi connectivity index (χ0v) is 13.6. The molecular weight excluding hydrogens is 304 g/mol. The number of guanidine groups is 1. The molecule has 2 rings (SSSR count). The van der Waals surface area contributed by atoms with Crippen molar-refractivity contribution in [1.29, 1.82) is 0 Å². The first-order chi connectivity index (χ1) is 10.3. The Morgan fingerprint density at radius 1 is 1.36 bits per heavy atom. The minimum absolute atomic E-state index is 0.104. The third-order valence-electron chi connectivity index (χ3n) is 3.21. The van der Waals surface area contributed by atoms with Crippen LogP contribution >= 0.6 is 11.6 Å². The van der Waals surface area contributed by atoms with Gasteiger partial charge in [-0.1, -0.05) is 28.9 Å². The SMILES string of the molecule is Cc1cccc(Cl)c1-c1noc(C)c1C(=O)N=C(N)N(C)C. The molecule has 1 aromatic carbocycles. The van der Waals surface area contributed by atoms with Crippen molar-refractivity contribution >= 4 is 23.5 Å². The maximum Gasteiger partial charge on any atom is 0.286 e. The molecule has 0 spiro atoms. The largest absolute Gasteiger partial charge is 0.369 e. The van der Waals surface area contributed by atoms with Crippen LogP contribution in [0.3, 0.4) is 0 Å². The molecule has 1 heterocycles. The molecule has 0 fully saturated rings. The van der Waals surface area contributed by atoms with Crippen molar-refractivity contribution in [2.45, 2.75) is 13.8 Å². The van der Waals surface area contributed by atoms with Gasteiger partial charge in [0.1, 0.15) is 17.0 Å². The predicted octanol–water partition coefficient (Wildman–Crippen LogP) is 2.63. The van der Waals surface area contributed by atoms with Gasteiger partial charge in [0, 0.05) is 19.7 Å². The topological polar surface area (TPSA) is 84.7 Å². The molecule has 0 aliphatic carbocycles. The van der Waals surface area contributed by atoms with Gasteiger partial charge in [-0.15, -0.1) is 0 Å². The van der Waals surface area contributed by atoms with E-state index in [-0.39, 0.29) is 11.5 Å². The fourth-order valence-electron chi connectivity index (χ4n) is 1.99. The second-order valence-corrected chi connectivity index (χ2v) is 5.47. The second-order valence-electron chi connectivity index (χ2n) is 5.06. The van der Waals surface area contributed by atoms with Gasteiger partial charge >= 0.3 is 0 Å². The summed E-state index contributed by atoms with van der Waals surface area (Å²) in [4.78, 5) is 17.8. The summed E-state index contributed by atoms with van der Waals surface area (Å²) in [5.74, 6) is -0.0404. The number of rotatable bonds is 2. The predicted molar refractivity (Wildman–Crippen MR) is 86.1 cm³/mol. The number of aliphatic imine (C=N–C) groups is 1. The van der Waals surface area contributed by atoms with E-state index in [1.165, 1.54) is 0 Å². The van der Waals surface area contributed by atoms with Crippen LogP contribution in [0.4, 0.5) is 0 Å². The highest BCUT2D eigenvalue weighted by molar-refractivity contribution is 6.33. The van der Waals surface area contributed by atoms with Gasteiger partial charge in [-0.3, -0.25) is 4.79 Å². The molecule has 6 nitrogen and oxygen atoms in total. The van der Waals surface area contributed by atoms with Gasteiger partial charge in [0.05, 0.1) is 5.02 Å². The van der Waals surface area contributed by atoms with E-state index in [2.05, 4.69) is 10.1 Å². The van der Waals surface area contributed by atoms with Gasteiger partial charge < -0.3 is 15.2 Å². The summed E-state index contributed by atoms with van der Waals surface area (Å²) in [5.41, 5.74) is 7.88. The van der Waals surface area contributed by atoms with E-state index in [0.29, 0.717) is 22.0 Å². The van der Waals surface area contributed by atoms with Crippen LogP contribution in [0.1, 0.15) is 21.7 Å². The molecule has 2 N–H and O–H groups in total. The lowest BCUT2D eigenvalue weighted by atomic mass is 10.0. The number of nitrogens with two attached hydrogens (primary N) is 1. The van der Waals surface area contributed by atoms with Crippen LogP contribution in [0, 0.1) is 13.8 Å². The van der Waals surface area contributed by atoms with Crippen molar-refractivity contribution < 1.29 is 9.32 Å². The van der Waals surface area contributed by atoms with E-state index in [0.717, 1.165) is 5.56 Å². The van der Waals surface area contributed by atoms with Gasteiger partial charge in [-0.25, -0.2) is 0 Å². The van der Waals surface area contributed by atoms with Crippen molar-refractivity contribution in [3.05, 3.63) is 40.1 Å². The number of benzene rings is 1. The molecule has 0 saturated carbocycles. The average Bonchev–Trinajstić information content (AvgIpc) is 2.80. The van der Waals surface area contributed by atoms with Gasteiger partial charge in [-0.05, 0) is 25.5 Å². The third-order valence-corrected chi connectivity index (χ3v) is 3.52. The second kappa shape index (κ2) is 6.19. The zero-order chi connectivity index (χ0) is 16.4. The lowest BCUT2D eigenvalue weighted by molar-refractivity contribution is 0.100. The minimum Gasteiger partial charge on any atom is -0.369 e. The molecular formula is C15H17ClN4O2. The highest BCUT2D eigenvalue weighted by Crippen LogP contribution is 2.34. The Morgan fingerprint density at radius 2 is 2.05 bits per heavy atom. The van der Waals surface area contributed by atoms with Crippen molar-refractivity contribution in [3.63, 3.8) is 0 Å². The van der Waals surface area contributed by atoms with Crippen LogP contribution in [0.5, 0.6) is 0 Å². The smallest absolute Gasteiger partial charge is 0.286 e.